The van der Waals surface area contributed by atoms with E-state index in [1.54, 1.807) is 18.2 Å². The summed E-state index contributed by atoms with van der Waals surface area (Å²) < 4.78 is 5.30. The fourth-order valence-corrected chi connectivity index (χ4v) is 2.50. The maximum Gasteiger partial charge on any atom is 0.258 e. The molecule has 1 aromatic heterocycles. The lowest BCUT2D eigenvalue weighted by Gasteiger charge is -1.98. The zero-order valence-electron chi connectivity index (χ0n) is 10.9. The third kappa shape index (κ3) is 3.08. The first-order valence-electron chi connectivity index (χ1n) is 6.25. The number of rotatable bonds is 3. The van der Waals surface area contributed by atoms with Gasteiger partial charge in [0.1, 0.15) is 0 Å². The van der Waals surface area contributed by atoms with Crippen molar-refractivity contribution in [3.63, 3.8) is 0 Å². The van der Waals surface area contributed by atoms with Crippen molar-refractivity contribution in [3.8, 4) is 22.8 Å². The van der Waals surface area contributed by atoms with Crippen LogP contribution in [-0.4, -0.2) is 10.1 Å². The Morgan fingerprint density at radius 2 is 1.76 bits per heavy atom. The van der Waals surface area contributed by atoms with Gasteiger partial charge in [0.25, 0.3) is 5.89 Å². The summed E-state index contributed by atoms with van der Waals surface area (Å²) in [7, 11) is 0. The summed E-state index contributed by atoms with van der Waals surface area (Å²) in [6.07, 6.45) is 0. The smallest absolute Gasteiger partial charge is 0.258 e. The summed E-state index contributed by atoms with van der Waals surface area (Å²) in [6.45, 7) is 0.457. The molecule has 0 saturated carbocycles. The van der Waals surface area contributed by atoms with Crippen LogP contribution in [0, 0.1) is 0 Å². The minimum absolute atomic E-state index is 0.427. The van der Waals surface area contributed by atoms with Gasteiger partial charge >= 0.3 is 0 Å². The summed E-state index contributed by atoms with van der Waals surface area (Å²) in [5.74, 6) is 0.865. The molecule has 0 amide bonds. The summed E-state index contributed by atoms with van der Waals surface area (Å²) in [5.41, 5.74) is 8.16. The molecule has 0 bridgehead atoms. The van der Waals surface area contributed by atoms with E-state index in [4.69, 9.17) is 33.5 Å². The molecule has 3 rings (SSSR count). The standard InChI is InChI=1S/C15H11Cl2N3O/c16-12-5-11(6-13(17)7-12)14-19-15(21-20-14)10-3-1-2-9(4-10)8-18/h1-7H,8,18H2. The van der Waals surface area contributed by atoms with Crippen molar-refractivity contribution in [2.24, 2.45) is 5.73 Å². The van der Waals surface area contributed by atoms with E-state index in [2.05, 4.69) is 10.1 Å². The Morgan fingerprint density at radius 3 is 2.48 bits per heavy atom. The zero-order valence-corrected chi connectivity index (χ0v) is 12.4. The Labute approximate surface area is 131 Å². The van der Waals surface area contributed by atoms with Crippen molar-refractivity contribution in [1.82, 2.24) is 10.1 Å². The first-order chi connectivity index (χ1) is 10.2. The highest BCUT2D eigenvalue weighted by atomic mass is 35.5. The molecule has 0 saturated heterocycles. The summed E-state index contributed by atoms with van der Waals surface area (Å²) >= 11 is 12.0. The molecule has 2 N–H and O–H groups in total. The molecule has 0 fully saturated rings. The lowest BCUT2D eigenvalue weighted by Crippen LogP contribution is -1.95. The molecular weight excluding hydrogens is 309 g/mol. The van der Waals surface area contributed by atoms with Crippen LogP contribution in [-0.2, 0) is 6.54 Å². The average Bonchev–Trinajstić information content (AvgIpc) is 2.96. The van der Waals surface area contributed by atoms with Gasteiger partial charge < -0.3 is 10.3 Å². The molecule has 3 aromatic rings. The molecule has 106 valence electrons. The van der Waals surface area contributed by atoms with Gasteiger partial charge in [-0.15, -0.1) is 0 Å². The van der Waals surface area contributed by atoms with E-state index in [-0.39, 0.29) is 0 Å². The normalized spacial score (nSPS) is 10.8. The third-order valence-electron chi connectivity index (χ3n) is 2.96. The van der Waals surface area contributed by atoms with Crippen LogP contribution < -0.4 is 5.73 Å². The summed E-state index contributed by atoms with van der Waals surface area (Å²) in [4.78, 5) is 4.37. The highest BCUT2D eigenvalue weighted by Crippen LogP contribution is 2.27. The van der Waals surface area contributed by atoms with Crippen LogP contribution in [0.5, 0.6) is 0 Å². The molecule has 6 heteroatoms. The maximum atomic E-state index is 5.98. The molecule has 21 heavy (non-hydrogen) atoms. The molecule has 0 spiro atoms. The van der Waals surface area contributed by atoms with Crippen molar-refractivity contribution in [1.29, 1.82) is 0 Å². The summed E-state index contributed by atoms with van der Waals surface area (Å²) in [5, 5.41) is 5.01. The number of nitrogens with two attached hydrogens (primary N) is 1. The van der Waals surface area contributed by atoms with Gasteiger partial charge in [-0.1, -0.05) is 40.5 Å². The van der Waals surface area contributed by atoms with E-state index < -0.39 is 0 Å². The Morgan fingerprint density at radius 1 is 1.00 bits per heavy atom. The molecule has 0 aliphatic carbocycles. The lowest BCUT2D eigenvalue weighted by atomic mass is 10.1. The van der Waals surface area contributed by atoms with Crippen LogP contribution in [0.15, 0.2) is 47.0 Å². The van der Waals surface area contributed by atoms with Gasteiger partial charge in [-0.05, 0) is 35.9 Å². The van der Waals surface area contributed by atoms with Crippen LogP contribution >= 0.6 is 23.2 Å². The van der Waals surface area contributed by atoms with E-state index in [9.17, 15) is 0 Å². The molecule has 0 radical (unpaired) electrons. The van der Waals surface area contributed by atoms with Crippen molar-refractivity contribution >= 4 is 23.2 Å². The minimum atomic E-state index is 0.427. The number of aromatic nitrogens is 2. The second kappa shape index (κ2) is 5.85. The van der Waals surface area contributed by atoms with Gasteiger partial charge in [0.15, 0.2) is 0 Å². The van der Waals surface area contributed by atoms with E-state index in [1.165, 1.54) is 0 Å². The molecule has 2 aromatic carbocycles. The van der Waals surface area contributed by atoms with Crippen molar-refractivity contribution in [2.45, 2.75) is 6.54 Å². The molecule has 0 atom stereocenters. The monoisotopic (exact) mass is 319 g/mol. The Balaban J connectivity index is 1.99. The number of hydrogen-bond donors (Lipinski definition) is 1. The number of nitrogens with zero attached hydrogens (tertiary/aromatic N) is 2. The van der Waals surface area contributed by atoms with Crippen LogP contribution in [0.25, 0.3) is 22.8 Å². The first kappa shape index (κ1) is 14.1. The highest BCUT2D eigenvalue weighted by molar-refractivity contribution is 6.35. The third-order valence-corrected chi connectivity index (χ3v) is 3.39. The fraction of sp³-hybridized carbons (Fsp3) is 0.0667. The Hall–Kier alpha value is -1.88. The highest BCUT2D eigenvalue weighted by Gasteiger charge is 2.12. The molecule has 0 aliphatic rings. The zero-order chi connectivity index (χ0) is 14.8. The number of hydrogen-bond acceptors (Lipinski definition) is 4. The number of halogens is 2. The fourth-order valence-electron chi connectivity index (χ4n) is 1.97. The van der Waals surface area contributed by atoms with Gasteiger partial charge in [0.05, 0.1) is 0 Å². The molecule has 0 unspecified atom stereocenters. The Bertz CT molecular complexity index is 766. The lowest BCUT2D eigenvalue weighted by molar-refractivity contribution is 0.432. The molecular formula is C15H11Cl2N3O. The van der Waals surface area contributed by atoms with Crippen LogP contribution in [0.2, 0.25) is 10.0 Å². The van der Waals surface area contributed by atoms with Crippen LogP contribution in [0.1, 0.15) is 5.56 Å². The van der Waals surface area contributed by atoms with Gasteiger partial charge in [0, 0.05) is 27.7 Å². The maximum absolute atomic E-state index is 5.98. The largest absolute Gasteiger partial charge is 0.334 e. The van der Waals surface area contributed by atoms with Gasteiger partial charge in [-0.2, -0.15) is 4.98 Å². The van der Waals surface area contributed by atoms with Crippen molar-refractivity contribution < 1.29 is 4.52 Å². The van der Waals surface area contributed by atoms with Crippen LogP contribution in [0.4, 0.5) is 0 Å². The van der Waals surface area contributed by atoms with E-state index >= 15 is 0 Å². The quantitative estimate of drug-likeness (QED) is 0.786. The molecule has 0 aliphatic heterocycles. The van der Waals surface area contributed by atoms with Gasteiger partial charge in [0.2, 0.25) is 5.82 Å². The molecule has 4 nitrogen and oxygen atoms in total. The average molecular weight is 320 g/mol. The predicted octanol–water partition coefficient (Wildman–Crippen LogP) is 4.17. The second-order valence-electron chi connectivity index (χ2n) is 4.49. The van der Waals surface area contributed by atoms with Crippen molar-refractivity contribution in [2.75, 3.05) is 0 Å². The second-order valence-corrected chi connectivity index (χ2v) is 5.36. The van der Waals surface area contributed by atoms with E-state index in [1.807, 2.05) is 24.3 Å². The predicted molar refractivity (Wildman–Crippen MR) is 83.1 cm³/mol. The number of benzene rings is 2. The van der Waals surface area contributed by atoms with Crippen molar-refractivity contribution in [3.05, 3.63) is 58.1 Å². The first-order valence-corrected chi connectivity index (χ1v) is 7.01. The minimum Gasteiger partial charge on any atom is -0.334 e. The van der Waals surface area contributed by atoms with Gasteiger partial charge in [-0.25, -0.2) is 0 Å². The van der Waals surface area contributed by atoms with Crippen LogP contribution in [0.3, 0.4) is 0 Å². The summed E-state index contributed by atoms with van der Waals surface area (Å²) in [6, 6.07) is 12.8. The van der Waals surface area contributed by atoms with Gasteiger partial charge in [-0.3, -0.25) is 0 Å². The molecule has 1 heterocycles. The van der Waals surface area contributed by atoms with E-state index in [0.717, 1.165) is 11.1 Å². The topological polar surface area (TPSA) is 64.9 Å². The Kier molecular flexibility index (Phi) is 3.92. The van der Waals surface area contributed by atoms with E-state index in [0.29, 0.717) is 33.9 Å². The SMILES string of the molecule is NCc1cccc(-c2nc(-c3cc(Cl)cc(Cl)c3)no2)c1.